The smallest absolute Gasteiger partial charge is 0.307 e. The molecule has 0 aliphatic heterocycles. The second kappa shape index (κ2) is 4.61. The first-order valence-corrected chi connectivity index (χ1v) is 4.83. The molecule has 0 heterocycles. The van der Waals surface area contributed by atoms with Crippen molar-refractivity contribution in [2.75, 3.05) is 0 Å². The highest BCUT2D eigenvalue weighted by Crippen LogP contribution is 2.19. The molecule has 0 radical (unpaired) electrons. The van der Waals surface area contributed by atoms with E-state index in [0.29, 0.717) is 11.1 Å². The molecule has 0 atom stereocenters. The molecule has 0 saturated carbocycles. The first-order chi connectivity index (χ1) is 7.10. The van der Waals surface area contributed by atoms with Gasteiger partial charge in [-0.3, -0.25) is 4.79 Å². The zero-order valence-corrected chi connectivity index (χ0v) is 8.87. The standard InChI is InChI=1S/C12H13NO2/c1-3-9-5-4-8(2)11(7-13)10(9)6-12(14)15/h4-5H,3,6H2,1-2H3,(H,14,15). The first-order valence-electron chi connectivity index (χ1n) is 4.83. The third-order valence-electron chi connectivity index (χ3n) is 2.44. The third kappa shape index (κ3) is 2.35. The predicted octanol–water partition coefficient (Wildman–Crippen LogP) is 2.06. The number of nitrogens with zero attached hydrogens (tertiary/aromatic N) is 1. The fraction of sp³-hybridized carbons (Fsp3) is 0.333. The van der Waals surface area contributed by atoms with Crippen molar-refractivity contribution in [3.8, 4) is 6.07 Å². The third-order valence-corrected chi connectivity index (χ3v) is 2.44. The van der Waals surface area contributed by atoms with Gasteiger partial charge in [-0.25, -0.2) is 0 Å². The Morgan fingerprint density at radius 2 is 2.20 bits per heavy atom. The van der Waals surface area contributed by atoms with Gasteiger partial charge in [-0.2, -0.15) is 5.26 Å². The van der Waals surface area contributed by atoms with Crippen molar-refractivity contribution in [3.05, 3.63) is 34.4 Å². The Bertz CT molecular complexity index is 430. The number of carbonyl (C=O) groups is 1. The van der Waals surface area contributed by atoms with Crippen molar-refractivity contribution < 1.29 is 9.90 Å². The molecule has 15 heavy (non-hydrogen) atoms. The Hall–Kier alpha value is -1.82. The number of rotatable bonds is 3. The van der Waals surface area contributed by atoms with Crippen LogP contribution in [0, 0.1) is 18.3 Å². The van der Waals surface area contributed by atoms with E-state index < -0.39 is 5.97 Å². The van der Waals surface area contributed by atoms with Crippen LogP contribution in [0.4, 0.5) is 0 Å². The van der Waals surface area contributed by atoms with Crippen LogP contribution >= 0.6 is 0 Å². The largest absolute Gasteiger partial charge is 0.481 e. The van der Waals surface area contributed by atoms with E-state index in [1.807, 2.05) is 26.0 Å². The summed E-state index contributed by atoms with van der Waals surface area (Å²) < 4.78 is 0. The summed E-state index contributed by atoms with van der Waals surface area (Å²) in [5, 5.41) is 17.8. The molecule has 1 aromatic carbocycles. The topological polar surface area (TPSA) is 61.1 Å². The number of hydrogen-bond donors (Lipinski definition) is 1. The molecule has 0 spiro atoms. The quantitative estimate of drug-likeness (QED) is 0.817. The van der Waals surface area contributed by atoms with Crippen molar-refractivity contribution in [2.45, 2.75) is 26.7 Å². The van der Waals surface area contributed by atoms with Gasteiger partial charge in [-0.1, -0.05) is 19.1 Å². The molecule has 1 rings (SSSR count). The number of nitriles is 1. The summed E-state index contributed by atoms with van der Waals surface area (Å²) >= 11 is 0. The number of aliphatic carboxylic acids is 1. The summed E-state index contributed by atoms with van der Waals surface area (Å²) in [6, 6.07) is 5.84. The predicted molar refractivity (Wildman–Crippen MR) is 56.6 cm³/mol. The maximum atomic E-state index is 10.7. The van der Waals surface area contributed by atoms with Gasteiger partial charge in [0, 0.05) is 0 Å². The molecule has 0 amide bonds. The lowest BCUT2D eigenvalue weighted by Gasteiger charge is -2.09. The molecule has 0 aromatic heterocycles. The molecule has 0 unspecified atom stereocenters. The van der Waals surface area contributed by atoms with E-state index in [1.54, 1.807) is 0 Å². The van der Waals surface area contributed by atoms with Crippen molar-refractivity contribution in [2.24, 2.45) is 0 Å². The van der Waals surface area contributed by atoms with Crippen LogP contribution in [-0.2, 0) is 17.6 Å². The molecule has 3 heteroatoms. The lowest BCUT2D eigenvalue weighted by molar-refractivity contribution is -0.136. The van der Waals surface area contributed by atoms with E-state index >= 15 is 0 Å². The summed E-state index contributed by atoms with van der Waals surface area (Å²) in [6.07, 6.45) is 0.672. The molecular formula is C12H13NO2. The summed E-state index contributed by atoms with van der Waals surface area (Å²) in [7, 11) is 0. The van der Waals surface area contributed by atoms with Crippen LogP contribution < -0.4 is 0 Å². The highest BCUT2D eigenvalue weighted by Gasteiger charge is 2.12. The van der Waals surface area contributed by atoms with Gasteiger partial charge in [0.15, 0.2) is 0 Å². The van der Waals surface area contributed by atoms with E-state index in [2.05, 4.69) is 6.07 Å². The second-order valence-corrected chi connectivity index (χ2v) is 3.43. The Labute approximate surface area is 89.0 Å². The zero-order chi connectivity index (χ0) is 11.4. The Morgan fingerprint density at radius 3 is 2.67 bits per heavy atom. The maximum Gasteiger partial charge on any atom is 0.307 e. The van der Waals surface area contributed by atoms with Crippen LogP contribution in [0.3, 0.4) is 0 Å². The normalized spacial score (nSPS) is 9.67. The number of carboxylic acids is 1. The van der Waals surface area contributed by atoms with Crippen LogP contribution in [0.2, 0.25) is 0 Å². The van der Waals surface area contributed by atoms with Gasteiger partial charge in [0.1, 0.15) is 0 Å². The van der Waals surface area contributed by atoms with Crippen molar-refractivity contribution >= 4 is 5.97 Å². The molecule has 78 valence electrons. The minimum atomic E-state index is -0.896. The van der Waals surface area contributed by atoms with Gasteiger partial charge in [0.05, 0.1) is 18.1 Å². The maximum absolute atomic E-state index is 10.7. The molecule has 0 fully saturated rings. The minimum absolute atomic E-state index is 0.0756. The minimum Gasteiger partial charge on any atom is -0.481 e. The van der Waals surface area contributed by atoms with Gasteiger partial charge in [0.2, 0.25) is 0 Å². The second-order valence-electron chi connectivity index (χ2n) is 3.43. The first kappa shape index (κ1) is 11.3. The summed E-state index contributed by atoms with van der Waals surface area (Å²) in [4.78, 5) is 10.7. The van der Waals surface area contributed by atoms with Gasteiger partial charge in [-0.05, 0) is 30.0 Å². The summed E-state index contributed by atoms with van der Waals surface area (Å²) in [5.41, 5.74) is 2.95. The SMILES string of the molecule is CCc1ccc(C)c(C#N)c1CC(=O)O. The molecule has 1 aromatic rings. The highest BCUT2D eigenvalue weighted by molar-refractivity contribution is 5.72. The Balaban J connectivity index is 3.35. The molecule has 1 N–H and O–H groups in total. The van der Waals surface area contributed by atoms with Crippen molar-refractivity contribution in [1.29, 1.82) is 5.26 Å². The lowest BCUT2D eigenvalue weighted by atomic mass is 9.94. The van der Waals surface area contributed by atoms with Crippen molar-refractivity contribution in [3.63, 3.8) is 0 Å². The number of benzene rings is 1. The number of carboxylic acid groups (broad SMARTS) is 1. The molecular weight excluding hydrogens is 190 g/mol. The number of aryl methyl sites for hydroxylation is 2. The van der Waals surface area contributed by atoms with Crippen molar-refractivity contribution in [1.82, 2.24) is 0 Å². The van der Waals surface area contributed by atoms with E-state index in [9.17, 15) is 4.79 Å². The molecule has 0 aliphatic rings. The Morgan fingerprint density at radius 1 is 1.53 bits per heavy atom. The van der Waals surface area contributed by atoms with Gasteiger partial charge in [0.25, 0.3) is 0 Å². The highest BCUT2D eigenvalue weighted by atomic mass is 16.4. The molecule has 0 aliphatic carbocycles. The van der Waals surface area contributed by atoms with Gasteiger partial charge in [-0.15, -0.1) is 0 Å². The van der Waals surface area contributed by atoms with E-state index in [4.69, 9.17) is 10.4 Å². The Kier molecular flexibility index (Phi) is 3.46. The molecule has 0 saturated heterocycles. The van der Waals surface area contributed by atoms with Crippen LogP contribution in [0.15, 0.2) is 12.1 Å². The fourth-order valence-corrected chi connectivity index (χ4v) is 1.65. The number of hydrogen-bond acceptors (Lipinski definition) is 2. The molecule has 0 bridgehead atoms. The lowest BCUT2D eigenvalue weighted by Crippen LogP contribution is -2.07. The average molecular weight is 203 g/mol. The zero-order valence-electron chi connectivity index (χ0n) is 8.87. The monoisotopic (exact) mass is 203 g/mol. The van der Waals surface area contributed by atoms with E-state index in [0.717, 1.165) is 17.5 Å². The van der Waals surface area contributed by atoms with Crippen LogP contribution in [0.25, 0.3) is 0 Å². The van der Waals surface area contributed by atoms with Crippen LogP contribution in [-0.4, -0.2) is 11.1 Å². The average Bonchev–Trinajstić information content (AvgIpc) is 2.18. The van der Waals surface area contributed by atoms with Gasteiger partial charge < -0.3 is 5.11 Å². The van der Waals surface area contributed by atoms with Crippen LogP contribution in [0.1, 0.15) is 29.2 Å². The fourth-order valence-electron chi connectivity index (χ4n) is 1.65. The van der Waals surface area contributed by atoms with E-state index in [-0.39, 0.29) is 6.42 Å². The summed E-state index contributed by atoms with van der Waals surface area (Å²) in [6.45, 7) is 3.78. The summed E-state index contributed by atoms with van der Waals surface area (Å²) in [5.74, 6) is -0.896. The molecule has 3 nitrogen and oxygen atoms in total. The van der Waals surface area contributed by atoms with Crippen LogP contribution in [0.5, 0.6) is 0 Å². The van der Waals surface area contributed by atoms with E-state index in [1.165, 1.54) is 0 Å². The van der Waals surface area contributed by atoms with Gasteiger partial charge >= 0.3 is 5.97 Å².